The van der Waals surface area contributed by atoms with Gasteiger partial charge in [-0.25, -0.2) is 0 Å². The fraction of sp³-hybridized carbons (Fsp3) is 0.750. The summed E-state index contributed by atoms with van der Waals surface area (Å²) in [6, 6.07) is 4.75. The molecule has 4 rings (SSSR count). The Morgan fingerprint density at radius 1 is 1.12 bits per heavy atom. The number of carbonyl (C=O) groups excluding carboxylic acids is 1. The number of carbonyl (C=O) groups is 1. The average Bonchev–Trinajstić information content (AvgIpc) is 3.12. The van der Waals surface area contributed by atoms with Gasteiger partial charge in [0.05, 0.1) is 4.88 Å². The minimum Gasteiger partial charge on any atom is -0.372 e. The summed E-state index contributed by atoms with van der Waals surface area (Å²) in [4.78, 5) is 16.2. The van der Waals surface area contributed by atoms with Crippen molar-refractivity contribution in [3.8, 4) is 0 Å². The number of ether oxygens (including phenoxy) is 1. The number of thiophene rings is 1. The molecule has 0 radical (unpaired) electrons. The molecule has 2 saturated carbocycles. The van der Waals surface area contributed by atoms with E-state index in [9.17, 15) is 4.79 Å². The quantitative estimate of drug-likeness (QED) is 0.827. The van der Waals surface area contributed by atoms with Gasteiger partial charge in [0, 0.05) is 43.0 Å². The molecule has 2 bridgehead atoms. The van der Waals surface area contributed by atoms with E-state index >= 15 is 0 Å². The normalized spacial score (nSPS) is 32.8. The molecule has 2 atom stereocenters. The van der Waals surface area contributed by atoms with E-state index in [-0.39, 0.29) is 23.9 Å². The van der Waals surface area contributed by atoms with Gasteiger partial charge in [0.2, 0.25) is 0 Å². The summed E-state index contributed by atoms with van der Waals surface area (Å²) in [5, 5.41) is 0. The van der Waals surface area contributed by atoms with Crippen molar-refractivity contribution in [1.29, 1.82) is 0 Å². The Bertz CT molecular complexity index is 615. The summed E-state index contributed by atoms with van der Waals surface area (Å²) in [5.41, 5.74) is 5.28. The molecule has 2 N–H and O–H groups in total. The van der Waals surface area contributed by atoms with Gasteiger partial charge in [-0.15, -0.1) is 23.7 Å². The first-order chi connectivity index (χ1) is 12.1. The van der Waals surface area contributed by atoms with Crippen LogP contribution in [0.5, 0.6) is 0 Å². The van der Waals surface area contributed by atoms with Crippen LogP contribution in [0.2, 0.25) is 0 Å². The predicted octanol–water partition coefficient (Wildman–Crippen LogP) is 4.18. The average molecular weight is 399 g/mol. The van der Waals surface area contributed by atoms with Gasteiger partial charge in [0.25, 0.3) is 5.91 Å². The second-order valence-corrected chi connectivity index (χ2v) is 9.18. The monoisotopic (exact) mass is 398 g/mol. The van der Waals surface area contributed by atoms with Crippen LogP contribution >= 0.6 is 23.7 Å². The standard InChI is InChI=1S/C20H30N2O2S.ClH/c1-24-20(18-11-10-17(25-18)19(21)23)14-6-5-7-15(20)13-22(12-14)16-8-3-2-4-9-16;/h10-11,14-16H,2-9,12-13H2,1H3,(H2,21,23);1H. The molecule has 3 aliphatic rings. The lowest BCUT2D eigenvalue weighted by Gasteiger charge is -2.56. The summed E-state index contributed by atoms with van der Waals surface area (Å²) >= 11 is 1.55. The Kier molecular flexibility index (Phi) is 6.33. The summed E-state index contributed by atoms with van der Waals surface area (Å²) in [6.45, 7) is 2.28. The minimum absolute atomic E-state index is 0. The zero-order chi connectivity index (χ0) is 17.4. The number of piperidine rings is 1. The number of hydrogen-bond donors (Lipinski definition) is 1. The van der Waals surface area contributed by atoms with Crippen molar-refractivity contribution in [2.75, 3.05) is 20.2 Å². The second-order valence-electron chi connectivity index (χ2n) is 8.10. The maximum atomic E-state index is 11.6. The highest BCUT2D eigenvalue weighted by atomic mass is 35.5. The first-order valence-electron chi connectivity index (χ1n) is 9.84. The van der Waals surface area contributed by atoms with Gasteiger partial charge in [-0.1, -0.05) is 25.7 Å². The number of nitrogens with two attached hydrogens (primary N) is 1. The van der Waals surface area contributed by atoms with Crippen molar-refractivity contribution in [1.82, 2.24) is 4.90 Å². The summed E-state index contributed by atoms with van der Waals surface area (Å²) < 4.78 is 6.29. The predicted molar refractivity (Wildman–Crippen MR) is 108 cm³/mol. The van der Waals surface area contributed by atoms with Crippen LogP contribution in [0.4, 0.5) is 0 Å². The number of methoxy groups -OCH3 is 1. The van der Waals surface area contributed by atoms with Crippen molar-refractivity contribution >= 4 is 29.7 Å². The lowest BCUT2D eigenvalue weighted by Crippen LogP contribution is -2.60. The molecule has 1 saturated heterocycles. The third-order valence-corrected chi connectivity index (χ3v) is 8.12. The molecule has 1 amide bonds. The highest BCUT2D eigenvalue weighted by Gasteiger charge is 2.54. The number of halogens is 1. The highest BCUT2D eigenvalue weighted by Crippen LogP contribution is 2.53. The maximum Gasteiger partial charge on any atom is 0.258 e. The Balaban J connectivity index is 0.00000196. The summed E-state index contributed by atoms with van der Waals surface area (Å²) in [7, 11) is 1.87. The lowest BCUT2D eigenvalue weighted by atomic mass is 9.64. The lowest BCUT2D eigenvalue weighted by molar-refractivity contribution is -0.173. The van der Waals surface area contributed by atoms with Gasteiger partial charge in [-0.2, -0.15) is 0 Å². The molecule has 2 unspecified atom stereocenters. The fourth-order valence-corrected chi connectivity index (χ4v) is 6.91. The molecule has 0 spiro atoms. The zero-order valence-electron chi connectivity index (χ0n) is 15.6. The van der Waals surface area contributed by atoms with Gasteiger partial charge in [-0.3, -0.25) is 9.69 Å². The second kappa shape index (κ2) is 8.17. The zero-order valence-corrected chi connectivity index (χ0v) is 17.2. The van der Waals surface area contributed by atoms with Crippen LogP contribution < -0.4 is 5.73 Å². The summed E-state index contributed by atoms with van der Waals surface area (Å²) in [6.07, 6.45) is 10.7. The Hall–Kier alpha value is -0.620. The molecule has 4 nitrogen and oxygen atoms in total. The van der Waals surface area contributed by atoms with E-state index in [1.54, 1.807) is 11.3 Å². The van der Waals surface area contributed by atoms with Crippen LogP contribution in [0, 0.1) is 11.8 Å². The van der Waals surface area contributed by atoms with Crippen LogP contribution in [0.25, 0.3) is 0 Å². The Morgan fingerprint density at radius 2 is 1.77 bits per heavy atom. The van der Waals surface area contributed by atoms with Crippen LogP contribution in [0.3, 0.4) is 0 Å². The number of nitrogens with zero attached hydrogens (tertiary/aromatic N) is 1. The first-order valence-corrected chi connectivity index (χ1v) is 10.7. The van der Waals surface area contributed by atoms with Crippen LogP contribution in [-0.2, 0) is 10.3 Å². The Morgan fingerprint density at radius 3 is 2.31 bits per heavy atom. The molecule has 3 fully saturated rings. The van der Waals surface area contributed by atoms with Crippen LogP contribution in [0.1, 0.15) is 65.9 Å². The highest BCUT2D eigenvalue weighted by molar-refractivity contribution is 7.14. The van der Waals surface area contributed by atoms with E-state index in [0.29, 0.717) is 16.7 Å². The fourth-order valence-electron chi connectivity index (χ4n) is 5.73. The van der Waals surface area contributed by atoms with Crippen molar-refractivity contribution in [3.63, 3.8) is 0 Å². The van der Waals surface area contributed by atoms with Crippen molar-refractivity contribution in [2.45, 2.75) is 63.0 Å². The van der Waals surface area contributed by atoms with E-state index in [2.05, 4.69) is 11.0 Å². The number of rotatable bonds is 4. The molecule has 2 heterocycles. The third kappa shape index (κ3) is 3.32. The molecule has 2 aliphatic carbocycles. The van der Waals surface area contributed by atoms with Crippen molar-refractivity contribution < 1.29 is 9.53 Å². The molecule has 1 aromatic rings. The minimum atomic E-state index is -0.327. The van der Waals surface area contributed by atoms with E-state index in [0.717, 1.165) is 19.1 Å². The smallest absolute Gasteiger partial charge is 0.258 e. The number of amides is 1. The molecule has 1 aliphatic heterocycles. The van der Waals surface area contributed by atoms with Crippen molar-refractivity contribution in [3.05, 3.63) is 21.9 Å². The molecule has 26 heavy (non-hydrogen) atoms. The molecule has 0 aromatic carbocycles. The van der Waals surface area contributed by atoms with Crippen LogP contribution in [0.15, 0.2) is 12.1 Å². The largest absolute Gasteiger partial charge is 0.372 e. The van der Waals surface area contributed by atoms with E-state index in [1.807, 2.05) is 13.2 Å². The molecule has 6 heteroatoms. The van der Waals surface area contributed by atoms with Crippen molar-refractivity contribution in [2.24, 2.45) is 17.6 Å². The van der Waals surface area contributed by atoms with E-state index in [4.69, 9.17) is 10.5 Å². The first kappa shape index (κ1) is 20.1. The molecule has 146 valence electrons. The van der Waals surface area contributed by atoms with Gasteiger partial charge in [-0.05, 0) is 37.8 Å². The van der Waals surface area contributed by atoms with Gasteiger partial charge < -0.3 is 10.5 Å². The van der Waals surface area contributed by atoms with Gasteiger partial charge >= 0.3 is 0 Å². The third-order valence-electron chi connectivity index (χ3n) is 6.89. The van der Waals surface area contributed by atoms with E-state index in [1.165, 1.54) is 56.2 Å². The topological polar surface area (TPSA) is 55.6 Å². The number of primary amides is 1. The van der Waals surface area contributed by atoms with Gasteiger partial charge in [0.15, 0.2) is 0 Å². The summed E-state index contributed by atoms with van der Waals surface area (Å²) in [5.74, 6) is 0.713. The van der Waals surface area contributed by atoms with Gasteiger partial charge in [0.1, 0.15) is 5.60 Å². The molecule has 1 aromatic heterocycles. The maximum absolute atomic E-state index is 11.6. The Labute approximate surface area is 166 Å². The SMILES string of the molecule is COC1(c2ccc(C(N)=O)s2)C2CCCC1CN(C1CCCCC1)C2.Cl. The number of likely N-dealkylation sites (tertiary alicyclic amines) is 1. The molecular weight excluding hydrogens is 368 g/mol. The number of fused-ring (bicyclic) bond motifs is 2. The molecular formula is C20H31ClN2O2S. The van der Waals surface area contributed by atoms with Crippen LogP contribution in [-0.4, -0.2) is 37.0 Å². The van der Waals surface area contributed by atoms with E-state index < -0.39 is 0 Å². The number of hydrogen-bond acceptors (Lipinski definition) is 4.